The summed E-state index contributed by atoms with van der Waals surface area (Å²) in [6, 6.07) is 6.74. The van der Waals surface area contributed by atoms with Crippen molar-refractivity contribution in [1.29, 1.82) is 0 Å². The molecule has 2 N–H and O–H groups in total. The molecule has 1 aliphatic rings. The van der Waals surface area contributed by atoms with Crippen molar-refractivity contribution in [3.8, 4) is 0 Å². The second-order valence-corrected chi connectivity index (χ2v) is 6.06. The number of thioether (sulfide) groups is 1. The second kappa shape index (κ2) is 6.37. The molecule has 0 aliphatic carbocycles. The van der Waals surface area contributed by atoms with Gasteiger partial charge in [-0.3, -0.25) is 0 Å². The zero-order valence-corrected chi connectivity index (χ0v) is 12.8. The number of piperidine rings is 1. The van der Waals surface area contributed by atoms with Crippen LogP contribution in [0.5, 0.6) is 0 Å². The van der Waals surface area contributed by atoms with Crippen LogP contribution in [0.1, 0.15) is 12.8 Å². The molecule has 1 aromatic carbocycles. The zero-order valence-electron chi connectivity index (χ0n) is 12.0. The van der Waals surface area contributed by atoms with Crippen molar-refractivity contribution in [2.45, 2.75) is 29.5 Å². The molecular weight excluding hydrogens is 317 g/mol. The number of aliphatic hydroxyl groups is 1. The molecule has 0 atom stereocenters. The van der Waals surface area contributed by atoms with E-state index in [-0.39, 0.29) is 13.1 Å². The van der Waals surface area contributed by atoms with Gasteiger partial charge in [0.15, 0.2) is 5.60 Å². The van der Waals surface area contributed by atoms with Crippen molar-refractivity contribution in [3.63, 3.8) is 0 Å². The molecule has 2 rings (SSSR count). The van der Waals surface area contributed by atoms with Crippen LogP contribution in [0.2, 0.25) is 0 Å². The van der Waals surface area contributed by atoms with E-state index in [1.165, 1.54) is 16.7 Å². The maximum Gasteiger partial charge on any atom is 0.417 e. The van der Waals surface area contributed by atoms with Gasteiger partial charge in [-0.05, 0) is 24.5 Å². The molecule has 1 aromatic rings. The van der Waals surface area contributed by atoms with Gasteiger partial charge in [0.1, 0.15) is 0 Å². The molecule has 1 aliphatic heterocycles. The Morgan fingerprint density at radius 3 is 2.55 bits per heavy atom. The maximum absolute atomic E-state index is 12.7. The number of urea groups is 1. The van der Waals surface area contributed by atoms with Gasteiger partial charge in [-0.15, -0.1) is 11.8 Å². The predicted molar refractivity (Wildman–Crippen MR) is 79.1 cm³/mol. The number of rotatable bonds is 2. The van der Waals surface area contributed by atoms with Crippen LogP contribution in [0, 0.1) is 0 Å². The standard InChI is InChI=1S/C14H17F3N2O2S/c1-22-11-4-2-3-10(9-11)18-12(20)19-7-5-13(21,6-8-19)14(15,16)17/h2-4,9,21H,5-8H2,1H3,(H,18,20). The number of anilines is 1. The van der Waals surface area contributed by atoms with Gasteiger partial charge >= 0.3 is 12.2 Å². The monoisotopic (exact) mass is 334 g/mol. The molecule has 1 fully saturated rings. The van der Waals surface area contributed by atoms with Gasteiger partial charge in [-0.2, -0.15) is 13.2 Å². The normalized spacial score (nSPS) is 18.1. The van der Waals surface area contributed by atoms with E-state index in [0.717, 1.165) is 4.90 Å². The number of carbonyl (C=O) groups excluding carboxylic acids is 1. The number of hydrogen-bond acceptors (Lipinski definition) is 3. The quantitative estimate of drug-likeness (QED) is 0.816. The van der Waals surface area contributed by atoms with Gasteiger partial charge in [0.2, 0.25) is 0 Å². The van der Waals surface area contributed by atoms with Crippen molar-refractivity contribution in [2.24, 2.45) is 0 Å². The Morgan fingerprint density at radius 1 is 1.36 bits per heavy atom. The third-order valence-electron chi connectivity index (χ3n) is 3.73. The molecular formula is C14H17F3N2O2S. The lowest BCUT2D eigenvalue weighted by Gasteiger charge is -2.38. The number of halogens is 3. The Bertz CT molecular complexity index is 543. The lowest BCUT2D eigenvalue weighted by molar-refractivity contribution is -0.271. The highest BCUT2D eigenvalue weighted by molar-refractivity contribution is 7.98. The number of likely N-dealkylation sites (tertiary alicyclic amines) is 1. The summed E-state index contributed by atoms with van der Waals surface area (Å²) >= 11 is 1.53. The first kappa shape index (κ1) is 17.0. The highest BCUT2D eigenvalue weighted by Crippen LogP contribution is 2.38. The molecule has 122 valence electrons. The molecule has 2 amide bonds. The topological polar surface area (TPSA) is 52.6 Å². The zero-order chi connectivity index (χ0) is 16.4. The summed E-state index contributed by atoms with van der Waals surface area (Å²) in [5.41, 5.74) is -2.10. The smallest absolute Gasteiger partial charge is 0.380 e. The first-order chi connectivity index (χ1) is 10.2. The largest absolute Gasteiger partial charge is 0.417 e. The van der Waals surface area contributed by atoms with E-state index in [1.54, 1.807) is 18.2 Å². The van der Waals surface area contributed by atoms with Gasteiger partial charge < -0.3 is 15.3 Å². The molecule has 0 radical (unpaired) electrons. The van der Waals surface area contributed by atoms with E-state index < -0.39 is 30.7 Å². The summed E-state index contributed by atoms with van der Waals surface area (Å²) in [4.78, 5) is 14.3. The summed E-state index contributed by atoms with van der Waals surface area (Å²) in [7, 11) is 0. The molecule has 8 heteroatoms. The molecule has 0 unspecified atom stereocenters. The number of alkyl halides is 3. The van der Waals surface area contributed by atoms with E-state index in [2.05, 4.69) is 5.32 Å². The predicted octanol–water partition coefficient (Wildman–Crippen LogP) is 3.33. The third kappa shape index (κ3) is 3.67. The average molecular weight is 334 g/mol. The van der Waals surface area contributed by atoms with Crippen LogP contribution < -0.4 is 5.32 Å². The number of hydrogen-bond donors (Lipinski definition) is 2. The fourth-order valence-corrected chi connectivity index (χ4v) is 2.73. The third-order valence-corrected chi connectivity index (χ3v) is 4.45. The molecule has 1 saturated heterocycles. The lowest BCUT2D eigenvalue weighted by Crippen LogP contribution is -2.55. The van der Waals surface area contributed by atoms with Crippen molar-refractivity contribution >= 4 is 23.5 Å². The number of carbonyl (C=O) groups is 1. The van der Waals surface area contributed by atoms with E-state index in [9.17, 15) is 23.1 Å². The molecule has 22 heavy (non-hydrogen) atoms. The molecule has 4 nitrogen and oxygen atoms in total. The van der Waals surface area contributed by atoms with Gasteiger partial charge in [0.05, 0.1) is 0 Å². The Hall–Kier alpha value is -1.41. The summed E-state index contributed by atoms with van der Waals surface area (Å²) in [5, 5.41) is 12.2. The van der Waals surface area contributed by atoms with E-state index >= 15 is 0 Å². The minimum Gasteiger partial charge on any atom is -0.380 e. The van der Waals surface area contributed by atoms with Crippen LogP contribution in [-0.2, 0) is 0 Å². The number of nitrogens with zero attached hydrogens (tertiary/aromatic N) is 1. The average Bonchev–Trinajstić information content (AvgIpc) is 2.47. The molecule has 0 spiro atoms. The highest BCUT2D eigenvalue weighted by atomic mass is 32.2. The molecule has 1 heterocycles. The molecule has 0 saturated carbocycles. The molecule has 0 bridgehead atoms. The van der Waals surface area contributed by atoms with E-state index in [4.69, 9.17) is 0 Å². The first-order valence-electron chi connectivity index (χ1n) is 6.74. The van der Waals surface area contributed by atoms with Crippen LogP contribution in [0.25, 0.3) is 0 Å². The van der Waals surface area contributed by atoms with Crippen molar-refractivity contribution in [2.75, 3.05) is 24.7 Å². The van der Waals surface area contributed by atoms with Gasteiger partial charge in [0, 0.05) is 36.5 Å². The van der Waals surface area contributed by atoms with Crippen LogP contribution in [-0.4, -0.2) is 47.2 Å². The van der Waals surface area contributed by atoms with Gasteiger partial charge in [0.25, 0.3) is 0 Å². The first-order valence-corrected chi connectivity index (χ1v) is 7.97. The number of amides is 2. The maximum atomic E-state index is 12.7. The minimum absolute atomic E-state index is 0.135. The van der Waals surface area contributed by atoms with Crippen molar-refractivity contribution < 1.29 is 23.1 Å². The van der Waals surface area contributed by atoms with Crippen LogP contribution >= 0.6 is 11.8 Å². The van der Waals surface area contributed by atoms with Crippen molar-refractivity contribution in [3.05, 3.63) is 24.3 Å². The SMILES string of the molecule is CSc1cccc(NC(=O)N2CCC(O)(C(F)(F)F)CC2)c1. The van der Waals surface area contributed by atoms with E-state index in [1.807, 2.05) is 12.3 Å². The Labute approximate surface area is 130 Å². The highest BCUT2D eigenvalue weighted by Gasteiger charge is 2.54. The second-order valence-electron chi connectivity index (χ2n) is 5.18. The van der Waals surface area contributed by atoms with Crippen LogP contribution in [0.15, 0.2) is 29.2 Å². The summed E-state index contributed by atoms with van der Waals surface area (Å²) < 4.78 is 38.1. The number of nitrogens with one attached hydrogen (secondary N) is 1. The van der Waals surface area contributed by atoms with Gasteiger partial charge in [-0.1, -0.05) is 6.07 Å². The van der Waals surface area contributed by atoms with Crippen molar-refractivity contribution in [1.82, 2.24) is 4.90 Å². The minimum atomic E-state index is -4.66. The lowest BCUT2D eigenvalue weighted by atomic mass is 9.91. The fourth-order valence-electron chi connectivity index (χ4n) is 2.27. The summed E-state index contributed by atoms with van der Waals surface area (Å²) in [5.74, 6) is 0. The fraction of sp³-hybridized carbons (Fsp3) is 0.500. The van der Waals surface area contributed by atoms with E-state index in [0.29, 0.717) is 5.69 Å². The summed E-state index contributed by atoms with van der Waals surface area (Å²) in [6.07, 6.45) is -3.77. The van der Waals surface area contributed by atoms with Gasteiger partial charge in [-0.25, -0.2) is 4.79 Å². The Balaban J connectivity index is 1.95. The van der Waals surface area contributed by atoms with Crippen LogP contribution in [0.4, 0.5) is 23.7 Å². The molecule has 0 aromatic heterocycles. The Kier molecular flexibility index (Phi) is 4.91. The summed E-state index contributed by atoms with van der Waals surface area (Å²) in [6.45, 7) is -0.270. The Morgan fingerprint density at radius 2 is 2.00 bits per heavy atom. The van der Waals surface area contributed by atoms with Crippen LogP contribution in [0.3, 0.4) is 0 Å². The number of benzene rings is 1.